The van der Waals surface area contributed by atoms with Crippen molar-refractivity contribution in [3.8, 4) is 0 Å². The van der Waals surface area contributed by atoms with E-state index in [4.69, 9.17) is 0 Å². The average molecular weight is 176 g/mol. The van der Waals surface area contributed by atoms with Crippen LogP contribution in [0.15, 0.2) is 5.03 Å². The minimum absolute atomic E-state index is 0. The summed E-state index contributed by atoms with van der Waals surface area (Å²) in [6, 6.07) is 0. The van der Waals surface area contributed by atoms with E-state index in [2.05, 4.69) is 22.6 Å². The number of hydrogen-bond acceptors (Lipinski definition) is 5. The molecule has 0 radical (unpaired) electrons. The summed E-state index contributed by atoms with van der Waals surface area (Å²) in [5.41, 5.74) is 0. The molecule has 1 heterocycles. The van der Waals surface area contributed by atoms with E-state index in [0.717, 1.165) is 0 Å². The minimum atomic E-state index is -0.553. The molecular weight excluding hydrogens is 168 g/mol. The van der Waals surface area contributed by atoms with Gasteiger partial charge in [0.15, 0.2) is 10.9 Å². The molecule has 11 heavy (non-hydrogen) atoms. The van der Waals surface area contributed by atoms with E-state index in [1.807, 2.05) is 0 Å². The van der Waals surface area contributed by atoms with Crippen LogP contribution in [-0.2, 0) is 0 Å². The van der Waals surface area contributed by atoms with Crippen molar-refractivity contribution in [2.45, 2.75) is 11.9 Å². The van der Waals surface area contributed by atoms with Gasteiger partial charge in [-0.15, -0.1) is 12.6 Å². The fourth-order valence-electron chi connectivity index (χ4n) is 0.594. The second-order valence-electron chi connectivity index (χ2n) is 1.75. The summed E-state index contributed by atoms with van der Waals surface area (Å²) in [7, 11) is 0. The number of nitrogens with zero attached hydrogens (tertiary/aromatic N) is 2. The third-order valence-electron chi connectivity index (χ3n) is 0.967. The van der Waals surface area contributed by atoms with Gasteiger partial charge in [0.2, 0.25) is 0 Å². The Morgan fingerprint density at radius 1 is 1.73 bits per heavy atom. The Morgan fingerprint density at radius 3 is 2.45 bits per heavy atom. The lowest BCUT2D eigenvalue weighted by molar-refractivity contribution is -0.392. The topological polar surface area (TPSA) is 107 Å². The molecule has 4 N–H and O–H groups in total. The van der Waals surface area contributed by atoms with Gasteiger partial charge in [-0.2, -0.15) is 4.98 Å². The Hall–Kier alpha value is -1.08. The average Bonchev–Trinajstić information content (AvgIpc) is 2.10. The molecule has 0 saturated carbocycles. The zero-order valence-corrected chi connectivity index (χ0v) is 6.76. The Bertz CT molecular complexity index is 271. The number of nitro groups is 1. The van der Waals surface area contributed by atoms with Crippen LogP contribution in [0.4, 0.5) is 5.82 Å². The second-order valence-corrected chi connectivity index (χ2v) is 2.18. The molecule has 62 valence electrons. The van der Waals surface area contributed by atoms with E-state index in [9.17, 15) is 10.1 Å². The van der Waals surface area contributed by atoms with E-state index in [1.54, 1.807) is 6.92 Å². The van der Waals surface area contributed by atoms with Gasteiger partial charge in [0.25, 0.3) is 0 Å². The Morgan fingerprint density at radius 2 is 2.27 bits per heavy atom. The predicted octanol–water partition coefficient (Wildman–Crippen LogP) is 1.08. The molecule has 0 aliphatic rings. The molecule has 0 aliphatic carbocycles. The maximum Gasteiger partial charge on any atom is 0.354 e. The van der Waals surface area contributed by atoms with E-state index in [1.165, 1.54) is 0 Å². The zero-order valence-electron chi connectivity index (χ0n) is 5.87. The van der Waals surface area contributed by atoms with Crippen molar-refractivity contribution in [1.82, 2.24) is 16.1 Å². The Kier molecular flexibility index (Phi) is 3.02. The monoisotopic (exact) mass is 176 g/mol. The molecular formula is C4H8N4O2S. The van der Waals surface area contributed by atoms with E-state index >= 15 is 0 Å². The number of aromatic amines is 1. The first-order chi connectivity index (χ1) is 4.61. The Balaban J connectivity index is 0.000001000. The van der Waals surface area contributed by atoms with Crippen LogP contribution in [0.3, 0.4) is 0 Å². The van der Waals surface area contributed by atoms with Gasteiger partial charge in [-0.25, -0.2) is 4.98 Å². The molecule has 0 bridgehead atoms. The summed E-state index contributed by atoms with van der Waals surface area (Å²) in [6.45, 7) is 1.63. The van der Waals surface area contributed by atoms with E-state index in [-0.39, 0.29) is 17.0 Å². The molecule has 0 saturated heterocycles. The lowest BCUT2D eigenvalue weighted by Crippen LogP contribution is -1.88. The van der Waals surface area contributed by atoms with Gasteiger partial charge < -0.3 is 16.3 Å². The normalized spacial score (nSPS) is 8.91. The van der Waals surface area contributed by atoms with E-state index in [0.29, 0.717) is 5.82 Å². The van der Waals surface area contributed by atoms with Crippen LogP contribution in [0.2, 0.25) is 0 Å². The van der Waals surface area contributed by atoms with Gasteiger partial charge in [-0.3, -0.25) is 0 Å². The summed E-state index contributed by atoms with van der Waals surface area (Å²) < 4.78 is 0. The SMILES string of the molecule is Cc1nc(S)c([N+](=O)[O-])[nH]1.N. The van der Waals surface area contributed by atoms with Crippen LogP contribution < -0.4 is 6.15 Å². The minimum Gasteiger partial charge on any atom is -0.358 e. The summed E-state index contributed by atoms with van der Waals surface area (Å²) in [5.74, 6) is 0.345. The van der Waals surface area contributed by atoms with Crippen molar-refractivity contribution in [3.05, 3.63) is 15.9 Å². The van der Waals surface area contributed by atoms with Gasteiger partial charge in [-0.1, -0.05) is 0 Å². The first kappa shape index (κ1) is 9.92. The van der Waals surface area contributed by atoms with Crippen LogP contribution in [0.25, 0.3) is 0 Å². The third-order valence-corrected chi connectivity index (χ3v) is 1.28. The van der Waals surface area contributed by atoms with Gasteiger partial charge in [0.1, 0.15) is 0 Å². The van der Waals surface area contributed by atoms with Crippen molar-refractivity contribution in [2.75, 3.05) is 0 Å². The second kappa shape index (κ2) is 3.35. The first-order valence-electron chi connectivity index (χ1n) is 2.51. The molecule has 0 amide bonds. The molecule has 1 rings (SSSR count). The van der Waals surface area contributed by atoms with Crippen molar-refractivity contribution >= 4 is 18.4 Å². The van der Waals surface area contributed by atoms with Crippen molar-refractivity contribution < 1.29 is 4.92 Å². The van der Waals surface area contributed by atoms with Crippen molar-refractivity contribution in [3.63, 3.8) is 0 Å². The lowest BCUT2D eigenvalue weighted by atomic mass is 10.7. The highest BCUT2D eigenvalue weighted by atomic mass is 32.1. The third kappa shape index (κ3) is 1.92. The van der Waals surface area contributed by atoms with Crippen LogP contribution in [0.1, 0.15) is 5.82 Å². The zero-order chi connectivity index (χ0) is 7.72. The van der Waals surface area contributed by atoms with Gasteiger partial charge in [-0.05, 0) is 4.92 Å². The highest BCUT2D eigenvalue weighted by Gasteiger charge is 2.13. The number of hydrogen-bond donors (Lipinski definition) is 3. The molecule has 0 aromatic carbocycles. The number of nitrogens with one attached hydrogen (secondary N) is 1. The number of aryl methyl sites for hydroxylation is 1. The van der Waals surface area contributed by atoms with Crippen molar-refractivity contribution in [2.24, 2.45) is 0 Å². The largest absolute Gasteiger partial charge is 0.358 e. The molecule has 0 unspecified atom stereocenters. The molecule has 1 aromatic heterocycles. The van der Waals surface area contributed by atoms with Gasteiger partial charge in [0.05, 0.1) is 0 Å². The maximum absolute atomic E-state index is 10.1. The summed E-state index contributed by atoms with van der Waals surface area (Å²) in [6.07, 6.45) is 0. The molecule has 7 heteroatoms. The molecule has 0 spiro atoms. The van der Waals surface area contributed by atoms with Crippen molar-refractivity contribution in [1.29, 1.82) is 0 Å². The molecule has 0 atom stereocenters. The van der Waals surface area contributed by atoms with E-state index < -0.39 is 4.92 Å². The Labute approximate surface area is 68.2 Å². The molecule has 0 aliphatic heterocycles. The predicted molar refractivity (Wildman–Crippen MR) is 42.3 cm³/mol. The van der Waals surface area contributed by atoms with Crippen LogP contribution >= 0.6 is 12.6 Å². The highest BCUT2D eigenvalue weighted by molar-refractivity contribution is 7.80. The number of aromatic nitrogens is 2. The smallest absolute Gasteiger partial charge is 0.354 e. The van der Waals surface area contributed by atoms with Gasteiger partial charge in [0, 0.05) is 6.92 Å². The highest BCUT2D eigenvalue weighted by Crippen LogP contribution is 2.17. The first-order valence-corrected chi connectivity index (χ1v) is 2.96. The fraction of sp³-hybridized carbons (Fsp3) is 0.250. The number of thiol groups is 1. The fourth-order valence-corrected chi connectivity index (χ4v) is 0.882. The van der Waals surface area contributed by atoms with Crippen LogP contribution in [-0.4, -0.2) is 14.9 Å². The number of rotatable bonds is 1. The summed E-state index contributed by atoms with van der Waals surface area (Å²) in [5, 5.41) is 10.2. The summed E-state index contributed by atoms with van der Waals surface area (Å²) in [4.78, 5) is 15.7. The standard InChI is InChI=1S/C4H5N3O2S.H3N/c1-2-5-3(7(8)9)4(10)6-2;/h10H,1H3,(H,5,6);1H3. The summed E-state index contributed by atoms with van der Waals surface area (Å²) >= 11 is 3.77. The quantitative estimate of drug-likeness (QED) is 0.338. The van der Waals surface area contributed by atoms with Gasteiger partial charge >= 0.3 is 5.82 Å². The molecule has 0 fully saturated rings. The molecule has 6 nitrogen and oxygen atoms in total. The molecule has 1 aromatic rings. The lowest BCUT2D eigenvalue weighted by Gasteiger charge is -1.86. The van der Waals surface area contributed by atoms with Crippen LogP contribution in [0.5, 0.6) is 0 Å². The van der Waals surface area contributed by atoms with Crippen LogP contribution in [0, 0.1) is 17.0 Å². The number of imidazole rings is 1. The maximum atomic E-state index is 10.1. The number of H-pyrrole nitrogens is 1.